The fourth-order valence-corrected chi connectivity index (χ4v) is 3.95. The highest BCUT2D eigenvalue weighted by Gasteiger charge is 2.26. The van der Waals surface area contributed by atoms with Gasteiger partial charge >= 0.3 is 5.69 Å². The first-order chi connectivity index (χ1) is 13.4. The van der Waals surface area contributed by atoms with Crippen LogP contribution >= 0.6 is 0 Å². The molecule has 148 valence electrons. The van der Waals surface area contributed by atoms with Crippen molar-refractivity contribution in [2.24, 2.45) is 5.92 Å². The predicted molar refractivity (Wildman–Crippen MR) is 109 cm³/mol. The Balaban J connectivity index is 1.49. The molecule has 1 saturated carbocycles. The maximum atomic E-state index is 12.4. The molecule has 0 saturated heterocycles. The molecule has 0 aliphatic heterocycles. The van der Waals surface area contributed by atoms with Crippen molar-refractivity contribution in [2.45, 2.75) is 58.5 Å². The first-order valence-corrected chi connectivity index (χ1v) is 9.89. The molecule has 0 atom stereocenters. The number of benzene rings is 2. The van der Waals surface area contributed by atoms with Gasteiger partial charge in [-0.15, -0.1) is 0 Å². The van der Waals surface area contributed by atoms with Gasteiger partial charge in [-0.05, 0) is 62.6 Å². The number of ether oxygens (including phenoxy) is 1. The first kappa shape index (κ1) is 20.1. The molecule has 0 spiro atoms. The first-order valence-electron chi connectivity index (χ1n) is 9.89. The van der Waals surface area contributed by atoms with Crippen LogP contribution in [0, 0.1) is 29.9 Å². The van der Waals surface area contributed by atoms with Crippen LogP contribution in [0.2, 0.25) is 0 Å². The van der Waals surface area contributed by atoms with Crippen LogP contribution in [0.15, 0.2) is 42.5 Å². The van der Waals surface area contributed by atoms with Crippen molar-refractivity contribution >= 4 is 11.5 Å². The van der Waals surface area contributed by atoms with Gasteiger partial charge in [0.1, 0.15) is 5.78 Å². The molecule has 0 radical (unpaired) electrons. The summed E-state index contributed by atoms with van der Waals surface area (Å²) in [6, 6.07) is 13.2. The maximum absolute atomic E-state index is 12.4. The molecule has 3 rings (SSSR count). The number of rotatable bonds is 7. The molecular weight excluding hydrogens is 354 g/mol. The van der Waals surface area contributed by atoms with E-state index >= 15 is 0 Å². The molecule has 0 unspecified atom stereocenters. The van der Waals surface area contributed by atoms with Crippen LogP contribution < -0.4 is 4.74 Å². The summed E-state index contributed by atoms with van der Waals surface area (Å²) in [5.74, 6) is 1.00. The Hall–Kier alpha value is -2.69. The minimum absolute atomic E-state index is 0.0236. The number of carbonyl (C=O) groups is 1. The number of hydrogen-bond acceptors (Lipinski definition) is 4. The van der Waals surface area contributed by atoms with E-state index < -0.39 is 4.92 Å². The number of nitro groups is 1. The van der Waals surface area contributed by atoms with Gasteiger partial charge in [0.2, 0.25) is 0 Å². The molecule has 5 nitrogen and oxygen atoms in total. The van der Waals surface area contributed by atoms with Gasteiger partial charge in [0, 0.05) is 18.9 Å². The van der Waals surface area contributed by atoms with Crippen molar-refractivity contribution in [2.75, 3.05) is 0 Å². The van der Waals surface area contributed by atoms with Gasteiger partial charge < -0.3 is 4.74 Å². The van der Waals surface area contributed by atoms with Gasteiger partial charge in [0.25, 0.3) is 0 Å². The Morgan fingerprint density at radius 3 is 2.46 bits per heavy atom. The third-order valence-electron chi connectivity index (χ3n) is 5.40. The van der Waals surface area contributed by atoms with Gasteiger partial charge in [-0.25, -0.2) is 0 Å². The molecule has 0 aromatic heterocycles. The van der Waals surface area contributed by atoms with E-state index in [0.717, 1.165) is 36.8 Å². The van der Waals surface area contributed by atoms with Crippen LogP contribution in [0.25, 0.3) is 0 Å². The summed E-state index contributed by atoms with van der Waals surface area (Å²) in [4.78, 5) is 23.3. The average molecular weight is 381 g/mol. The van der Waals surface area contributed by atoms with Crippen molar-refractivity contribution < 1.29 is 14.5 Å². The van der Waals surface area contributed by atoms with E-state index in [-0.39, 0.29) is 17.6 Å². The Morgan fingerprint density at radius 1 is 1.07 bits per heavy atom. The zero-order valence-corrected chi connectivity index (χ0v) is 16.5. The lowest BCUT2D eigenvalue weighted by atomic mass is 9.83. The predicted octanol–water partition coefficient (Wildman–Crippen LogP) is 5.35. The largest absolute Gasteiger partial charge is 0.484 e. The van der Waals surface area contributed by atoms with Gasteiger partial charge in [0.15, 0.2) is 5.75 Å². The number of hydrogen-bond donors (Lipinski definition) is 0. The highest BCUT2D eigenvalue weighted by molar-refractivity contribution is 5.81. The molecule has 0 heterocycles. The number of Topliss-reactive ketones (excluding diaryl/α,β-unsaturated/α-hetero) is 1. The fraction of sp³-hybridized carbons (Fsp3) is 0.435. The quantitative estimate of drug-likeness (QED) is 0.479. The van der Waals surface area contributed by atoms with Crippen molar-refractivity contribution in [3.8, 4) is 5.75 Å². The van der Waals surface area contributed by atoms with Crippen molar-refractivity contribution in [1.29, 1.82) is 0 Å². The number of nitrogens with zero attached hydrogens (tertiary/aromatic N) is 1. The van der Waals surface area contributed by atoms with E-state index in [1.807, 2.05) is 38.1 Å². The summed E-state index contributed by atoms with van der Waals surface area (Å²) in [5.41, 5.74) is 3.12. The lowest BCUT2D eigenvalue weighted by Gasteiger charge is -2.28. The molecule has 1 fully saturated rings. The van der Waals surface area contributed by atoms with Gasteiger partial charge in [-0.2, -0.15) is 0 Å². The van der Waals surface area contributed by atoms with Gasteiger partial charge in [-0.1, -0.05) is 35.9 Å². The second-order valence-electron chi connectivity index (χ2n) is 7.90. The summed E-state index contributed by atoms with van der Waals surface area (Å²) >= 11 is 0. The van der Waals surface area contributed by atoms with Crippen molar-refractivity contribution in [3.63, 3.8) is 0 Å². The molecule has 2 aromatic carbocycles. The van der Waals surface area contributed by atoms with Crippen molar-refractivity contribution in [3.05, 3.63) is 69.3 Å². The summed E-state index contributed by atoms with van der Waals surface area (Å²) in [6.45, 7) is 3.86. The SMILES string of the molecule is Cc1cccc(CC(=O)CC2CCC(Oc3ccc(C)cc3[N+](=O)[O-])CC2)c1. The topological polar surface area (TPSA) is 69.4 Å². The fourth-order valence-electron chi connectivity index (χ4n) is 3.95. The van der Waals surface area contributed by atoms with E-state index in [4.69, 9.17) is 4.74 Å². The second-order valence-corrected chi connectivity index (χ2v) is 7.90. The molecule has 0 amide bonds. The third kappa shape index (κ3) is 5.41. The van der Waals surface area contributed by atoms with Crippen LogP contribution in [0.4, 0.5) is 5.69 Å². The Morgan fingerprint density at radius 2 is 1.79 bits per heavy atom. The number of carbonyl (C=O) groups excluding carboxylic acids is 1. The summed E-state index contributed by atoms with van der Waals surface area (Å²) in [5, 5.41) is 11.2. The Bertz CT molecular complexity index is 853. The molecule has 1 aliphatic rings. The molecule has 5 heteroatoms. The van der Waals surface area contributed by atoms with Crippen LogP contribution in [0.1, 0.15) is 48.8 Å². The van der Waals surface area contributed by atoms with Gasteiger partial charge in [0.05, 0.1) is 11.0 Å². The monoisotopic (exact) mass is 381 g/mol. The molecule has 28 heavy (non-hydrogen) atoms. The van der Waals surface area contributed by atoms with E-state index in [2.05, 4.69) is 6.07 Å². The smallest absolute Gasteiger partial charge is 0.311 e. The number of ketones is 1. The normalized spacial score (nSPS) is 19.2. The average Bonchev–Trinajstić information content (AvgIpc) is 2.64. The minimum Gasteiger partial charge on any atom is -0.484 e. The van der Waals surface area contributed by atoms with E-state index in [1.165, 1.54) is 5.56 Å². The van der Waals surface area contributed by atoms with E-state index in [0.29, 0.717) is 24.5 Å². The zero-order valence-electron chi connectivity index (χ0n) is 16.5. The lowest BCUT2D eigenvalue weighted by molar-refractivity contribution is -0.386. The Labute approximate surface area is 165 Å². The lowest BCUT2D eigenvalue weighted by Crippen LogP contribution is -2.26. The van der Waals surface area contributed by atoms with E-state index in [9.17, 15) is 14.9 Å². The minimum atomic E-state index is -0.391. The molecule has 0 bridgehead atoms. The molecule has 1 aliphatic carbocycles. The van der Waals surface area contributed by atoms with Crippen LogP contribution in [-0.2, 0) is 11.2 Å². The molecule has 0 N–H and O–H groups in total. The summed E-state index contributed by atoms with van der Waals surface area (Å²) in [7, 11) is 0. The van der Waals surface area contributed by atoms with Crippen molar-refractivity contribution in [1.82, 2.24) is 0 Å². The number of nitro benzene ring substituents is 1. The Kier molecular flexibility index (Phi) is 6.45. The molecular formula is C23H27NO4. The highest BCUT2D eigenvalue weighted by Crippen LogP contribution is 2.34. The summed E-state index contributed by atoms with van der Waals surface area (Å²) < 4.78 is 5.94. The van der Waals surface area contributed by atoms with E-state index in [1.54, 1.807) is 12.1 Å². The van der Waals surface area contributed by atoms with Crippen LogP contribution in [0.3, 0.4) is 0 Å². The van der Waals surface area contributed by atoms with Crippen LogP contribution in [0.5, 0.6) is 5.75 Å². The van der Waals surface area contributed by atoms with Crippen LogP contribution in [-0.4, -0.2) is 16.8 Å². The zero-order chi connectivity index (χ0) is 20.1. The third-order valence-corrected chi connectivity index (χ3v) is 5.40. The maximum Gasteiger partial charge on any atom is 0.311 e. The standard InChI is InChI=1S/C23H27NO4/c1-16-4-3-5-19(12-16)15-20(25)14-18-7-9-21(10-8-18)28-23-11-6-17(2)13-22(23)24(26)27/h3-6,11-13,18,21H,7-10,14-15H2,1-2H3. The molecule has 2 aromatic rings. The number of aryl methyl sites for hydroxylation is 2. The summed E-state index contributed by atoms with van der Waals surface area (Å²) in [6.07, 6.45) is 4.57. The second kappa shape index (κ2) is 9.00. The highest BCUT2D eigenvalue weighted by atomic mass is 16.6. The van der Waals surface area contributed by atoms with Gasteiger partial charge in [-0.3, -0.25) is 14.9 Å².